The van der Waals surface area contributed by atoms with Crippen LogP contribution in [0.15, 0.2) is 24.3 Å². The number of amides is 3. The molecule has 0 radical (unpaired) electrons. The van der Waals surface area contributed by atoms with E-state index in [9.17, 15) is 14.4 Å². The Kier molecular flexibility index (Phi) is 5.91. The highest BCUT2D eigenvalue weighted by molar-refractivity contribution is 5.90. The summed E-state index contributed by atoms with van der Waals surface area (Å²) in [7, 11) is 0. The van der Waals surface area contributed by atoms with Crippen LogP contribution in [0.4, 0.5) is 0 Å². The number of nitrogens with one attached hydrogen (secondary N) is 1. The number of carbonyl (C=O) groups is 3. The smallest absolute Gasteiger partial charge is 0.245 e. The molecular weight excluding hydrogens is 330 g/mol. The van der Waals surface area contributed by atoms with Gasteiger partial charge in [0.2, 0.25) is 17.7 Å². The van der Waals surface area contributed by atoms with Crippen molar-refractivity contribution in [3.05, 3.63) is 35.4 Å². The first kappa shape index (κ1) is 18.4. The fraction of sp³-hybridized carbons (Fsp3) is 0.550. The molecule has 0 aromatic heterocycles. The Morgan fingerprint density at radius 2 is 1.85 bits per heavy atom. The summed E-state index contributed by atoms with van der Waals surface area (Å²) in [6, 6.07) is 7.77. The van der Waals surface area contributed by atoms with Gasteiger partial charge in [0.25, 0.3) is 0 Å². The van der Waals surface area contributed by atoms with Crippen LogP contribution in [0.25, 0.3) is 0 Å². The SMILES string of the molecule is Cc1ccccc1CCC(=O)N1CCCN(C(=O)C2CCC(=O)N2)CC1. The Bertz CT molecular complexity index is 689. The van der Waals surface area contributed by atoms with E-state index in [0.717, 1.165) is 12.8 Å². The topological polar surface area (TPSA) is 69.7 Å². The lowest BCUT2D eigenvalue weighted by Gasteiger charge is -2.24. The molecule has 1 aromatic carbocycles. The minimum Gasteiger partial charge on any atom is -0.344 e. The zero-order chi connectivity index (χ0) is 18.5. The van der Waals surface area contributed by atoms with Gasteiger partial charge in [-0.15, -0.1) is 0 Å². The summed E-state index contributed by atoms with van der Waals surface area (Å²) in [4.78, 5) is 40.1. The first-order valence-electron chi connectivity index (χ1n) is 9.45. The molecule has 26 heavy (non-hydrogen) atoms. The van der Waals surface area contributed by atoms with Crippen LogP contribution in [0.5, 0.6) is 0 Å². The zero-order valence-electron chi connectivity index (χ0n) is 15.4. The Balaban J connectivity index is 1.50. The number of hydrogen-bond acceptors (Lipinski definition) is 3. The van der Waals surface area contributed by atoms with Crippen molar-refractivity contribution in [1.29, 1.82) is 0 Å². The fourth-order valence-corrected chi connectivity index (χ4v) is 3.70. The van der Waals surface area contributed by atoms with E-state index in [-0.39, 0.29) is 23.8 Å². The quantitative estimate of drug-likeness (QED) is 0.882. The summed E-state index contributed by atoms with van der Waals surface area (Å²) in [6.07, 6.45) is 3.03. The lowest BCUT2D eigenvalue weighted by atomic mass is 10.0. The normalized spacial score (nSPS) is 20.7. The molecule has 2 saturated heterocycles. The summed E-state index contributed by atoms with van der Waals surface area (Å²) >= 11 is 0. The average Bonchev–Trinajstić information content (AvgIpc) is 2.92. The van der Waals surface area contributed by atoms with Gasteiger partial charge in [0, 0.05) is 39.0 Å². The van der Waals surface area contributed by atoms with Gasteiger partial charge in [0.05, 0.1) is 0 Å². The van der Waals surface area contributed by atoms with Crippen molar-refractivity contribution < 1.29 is 14.4 Å². The van der Waals surface area contributed by atoms with Crippen molar-refractivity contribution in [3.8, 4) is 0 Å². The summed E-state index contributed by atoms with van der Waals surface area (Å²) < 4.78 is 0. The minimum absolute atomic E-state index is 0.00920. The van der Waals surface area contributed by atoms with Gasteiger partial charge in [-0.2, -0.15) is 0 Å². The van der Waals surface area contributed by atoms with Gasteiger partial charge in [-0.05, 0) is 37.3 Å². The third kappa shape index (κ3) is 4.42. The maximum Gasteiger partial charge on any atom is 0.245 e. The number of carbonyl (C=O) groups excluding carboxylic acids is 3. The van der Waals surface area contributed by atoms with Crippen molar-refractivity contribution in [1.82, 2.24) is 15.1 Å². The minimum atomic E-state index is -0.384. The molecule has 140 valence electrons. The van der Waals surface area contributed by atoms with Crippen LogP contribution in [-0.4, -0.2) is 59.7 Å². The van der Waals surface area contributed by atoms with Gasteiger partial charge in [0.1, 0.15) is 6.04 Å². The van der Waals surface area contributed by atoms with Crippen LogP contribution in [-0.2, 0) is 20.8 Å². The average molecular weight is 357 g/mol. The number of rotatable bonds is 4. The van der Waals surface area contributed by atoms with Crippen LogP contribution in [0.2, 0.25) is 0 Å². The number of hydrogen-bond donors (Lipinski definition) is 1. The molecule has 6 heteroatoms. The van der Waals surface area contributed by atoms with E-state index in [2.05, 4.69) is 24.4 Å². The van der Waals surface area contributed by atoms with Crippen LogP contribution < -0.4 is 5.32 Å². The van der Waals surface area contributed by atoms with Gasteiger partial charge < -0.3 is 15.1 Å². The Morgan fingerprint density at radius 3 is 2.58 bits per heavy atom. The molecule has 6 nitrogen and oxygen atoms in total. The zero-order valence-corrected chi connectivity index (χ0v) is 15.4. The predicted octanol–water partition coefficient (Wildman–Crippen LogP) is 1.27. The molecule has 3 amide bonds. The van der Waals surface area contributed by atoms with E-state index in [0.29, 0.717) is 45.4 Å². The van der Waals surface area contributed by atoms with Crippen LogP contribution in [0.1, 0.15) is 36.8 Å². The molecule has 2 aliphatic heterocycles. The number of aryl methyl sites for hydroxylation is 2. The molecule has 2 heterocycles. The molecule has 0 saturated carbocycles. The lowest BCUT2D eigenvalue weighted by Crippen LogP contribution is -2.46. The maximum absolute atomic E-state index is 12.6. The van der Waals surface area contributed by atoms with E-state index in [1.165, 1.54) is 11.1 Å². The summed E-state index contributed by atoms with van der Waals surface area (Å²) in [5.74, 6) is 0.0907. The van der Waals surface area contributed by atoms with Gasteiger partial charge >= 0.3 is 0 Å². The van der Waals surface area contributed by atoms with Crippen LogP contribution in [0.3, 0.4) is 0 Å². The number of benzene rings is 1. The Labute approximate surface area is 154 Å². The first-order valence-corrected chi connectivity index (χ1v) is 9.45. The fourth-order valence-electron chi connectivity index (χ4n) is 3.70. The second-order valence-electron chi connectivity index (χ2n) is 7.14. The molecule has 0 aliphatic carbocycles. The van der Waals surface area contributed by atoms with Crippen molar-refractivity contribution in [2.45, 2.75) is 45.1 Å². The van der Waals surface area contributed by atoms with E-state index in [1.54, 1.807) is 4.90 Å². The van der Waals surface area contributed by atoms with E-state index < -0.39 is 0 Å². The molecule has 1 aromatic rings. The van der Waals surface area contributed by atoms with Gasteiger partial charge in [-0.1, -0.05) is 24.3 Å². The highest BCUT2D eigenvalue weighted by Crippen LogP contribution is 2.14. The van der Waals surface area contributed by atoms with Crippen molar-refractivity contribution in [2.24, 2.45) is 0 Å². The maximum atomic E-state index is 12.6. The molecule has 2 aliphatic rings. The largest absolute Gasteiger partial charge is 0.344 e. The van der Waals surface area contributed by atoms with E-state index >= 15 is 0 Å². The summed E-state index contributed by atoms with van der Waals surface area (Å²) in [6.45, 7) is 4.51. The third-order valence-corrected chi connectivity index (χ3v) is 5.32. The van der Waals surface area contributed by atoms with Crippen LogP contribution in [0, 0.1) is 6.92 Å². The Morgan fingerprint density at radius 1 is 1.12 bits per heavy atom. The summed E-state index contributed by atoms with van der Waals surface area (Å²) in [5, 5.41) is 2.74. The second kappa shape index (κ2) is 8.34. The molecule has 0 bridgehead atoms. The molecule has 2 fully saturated rings. The Hall–Kier alpha value is -2.37. The predicted molar refractivity (Wildman–Crippen MR) is 98.4 cm³/mol. The van der Waals surface area contributed by atoms with Gasteiger partial charge in [-0.3, -0.25) is 14.4 Å². The van der Waals surface area contributed by atoms with Gasteiger partial charge in [-0.25, -0.2) is 0 Å². The third-order valence-electron chi connectivity index (χ3n) is 5.32. The highest BCUT2D eigenvalue weighted by atomic mass is 16.2. The second-order valence-corrected chi connectivity index (χ2v) is 7.14. The molecular formula is C20H27N3O3. The molecule has 0 spiro atoms. The van der Waals surface area contributed by atoms with Crippen molar-refractivity contribution in [3.63, 3.8) is 0 Å². The molecule has 1 unspecified atom stereocenters. The van der Waals surface area contributed by atoms with Gasteiger partial charge in [0.15, 0.2) is 0 Å². The standard InChI is InChI=1S/C20H27N3O3/c1-15-5-2-3-6-16(15)7-10-19(25)22-11-4-12-23(14-13-22)20(26)17-8-9-18(24)21-17/h2-3,5-6,17H,4,7-14H2,1H3,(H,21,24). The van der Waals surface area contributed by atoms with E-state index in [4.69, 9.17) is 0 Å². The molecule has 3 rings (SSSR count). The summed E-state index contributed by atoms with van der Waals surface area (Å²) in [5.41, 5.74) is 2.43. The highest BCUT2D eigenvalue weighted by Gasteiger charge is 2.31. The van der Waals surface area contributed by atoms with E-state index in [1.807, 2.05) is 17.0 Å². The molecule has 1 N–H and O–H groups in total. The van der Waals surface area contributed by atoms with Crippen molar-refractivity contribution in [2.75, 3.05) is 26.2 Å². The monoisotopic (exact) mass is 357 g/mol. The lowest BCUT2D eigenvalue weighted by molar-refractivity contribution is -0.135. The van der Waals surface area contributed by atoms with Crippen molar-refractivity contribution >= 4 is 17.7 Å². The number of nitrogens with zero attached hydrogens (tertiary/aromatic N) is 2. The first-order chi connectivity index (χ1) is 12.5. The molecule has 1 atom stereocenters. The van der Waals surface area contributed by atoms with Crippen LogP contribution >= 0.6 is 0 Å².